The van der Waals surface area contributed by atoms with Gasteiger partial charge in [-0.05, 0) is 30.9 Å². The number of benzene rings is 1. The maximum absolute atomic E-state index is 5.73. The van der Waals surface area contributed by atoms with Gasteiger partial charge in [0.05, 0.1) is 26.4 Å². The van der Waals surface area contributed by atoms with Crippen LogP contribution < -0.4 is 10.6 Å². The number of rotatable bonds is 11. The Morgan fingerprint density at radius 2 is 2.04 bits per heavy atom. The van der Waals surface area contributed by atoms with Crippen LogP contribution in [0.5, 0.6) is 0 Å². The molecule has 6 nitrogen and oxygen atoms in total. The van der Waals surface area contributed by atoms with E-state index in [1.165, 1.54) is 11.1 Å². The second kappa shape index (κ2) is 12.7. The SMILES string of the molecule is CCNC(=NCc1ccc(COC)cc1)NCCCOCC1CCOC1. The highest BCUT2D eigenvalue weighted by molar-refractivity contribution is 5.79. The summed E-state index contributed by atoms with van der Waals surface area (Å²) < 4.78 is 16.2. The smallest absolute Gasteiger partial charge is 0.191 e. The number of hydrogen-bond donors (Lipinski definition) is 2. The standard InChI is InChI=1S/C20H33N3O3/c1-3-21-20(22-10-4-11-25-15-19-9-12-26-16-19)23-13-17-5-7-18(8-6-17)14-24-2/h5-8,19H,3-4,9-16H2,1-2H3,(H2,21,22,23). The zero-order valence-electron chi connectivity index (χ0n) is 16.1. The van der Waals surface area contributed by atoms with E-state index in [4.69, 9.17) is 14.2 Å². The van der Waals surface area contributed by atoms with Gasteiger partial charge in [0, 0.05) is 39.3 Å². The highest BCUT2D eigenvalue weighted by Gasteiger charge is 2.15. The molecule has 146 valence electrons. The van der Waals surface area contributed by atoms with Crippen molar-refractivity contribution in [1.29, 1.82) is 0 Å². The third kappa shape index (κ3) is 8.17. The number of methoxy groups -OCH3 is 1. The van der Waals surface area contributed by atoms with E-state index in [1.807, 2.05) is 0 Å². The summed E-state index contributed by atoms with van der Waals surface area (Å²) in [7, 11) is 1.71. The molecule has 1 aromatic rings. The van der Waals surface area contributed by atoms with E-state index in [-0.39, 0.29) is 0 Å². The van der Waals surface area contributed by atoms with Crippen molar-refractivity contribution in [2.45, 2.75) is 32.9 Å². The van der Waals surface area contributed by atoms with Crippen molar-refractivity contribution in [3.05, 3.63) is 35.4 Å². The fraction of sp³-hybridized carbons (Fsp3) is 0.650. The van der Waals surface area contributed by atoms with Gasteiger partial charge in [-0.3, -0.25) is 0 Å². The molecule has 1 atom stereocenters. The zero-order chi connectivity index (χ0) is 18.5. The normalized spacial score (nSPS) is 17.5. The molecule has 1 fully saturated rings. The molecule has 0 radical (unpaired) electrons. The van der Waals surface area contributed by atoms with Crippen molar-refractivity contribution in [3.63, 3.8) is 0 Å². The molecule has 0 aromatic heterocycles. The summed E-state index contributed by atoms with van der Waals surface area (Å²) >= 11 is 0. The first-order chi connectivity index (χ1) is 12.8. The van der Waals surface area contributed by atoms with Gasteiger partial charge in [0.1, 0.15) is 0 Å². The van der Waals surface area contributed by atoms with Gasteiger partial charge >= 0.3 is 0 Å². The fourth-order valence-corrected chi connectivity index (χ4v) is 2.77. The van der Waals surface area contributed by atoms with Crippen LogP contribution in [0.3, 0.4) is 0 Å². The second-order valence-corrected chi connectivity index (χ2v) is 6.53. The van der Waals surface area contributed by atoms with Crippen LogP contribution in [0, 0.1) is 5.92 Å². The quantitative estimate of drug-likeness (QED) is 0.359. The summed E-state index contributed by atoms with van der Waals surface area (Å²) in [4.78, 5) is 4.65. The Hall–Kier alpha value is -1.63. The topological polar surface area (TPSA) is 64.1 Å². The molecule has 1 aromatic carbocycles. The highest BCUT2D eigenvalue weighted by atomic mass is 16.5. The summed E-state index contributed by atoms with van der Waals surface area (Å²) in [5, 5.41) is 6.65. The third-order valence-electron chi connectivity index (χ3n) is 4.23. The van der Waals surface area contributed by atoms with Crippen LogP contribution >= 0.6 is 0 Å². The molecule has 1 aliphatic rings. The van der Waals surface area contributed by atoms with Crippen molar-refractivity contribution in [2.24, 2.45) is 10.9 Å². The van der Waals surface area contributed by atoms with E-state index < -0.39 is 0 Å². The summed E-state index contributed by atoms with van der Waals surface area (Å²) in [6.07, 6.45) is 2.09. The molecule has 2 rings (SSSR count). The van der Waals surface area contributed by atoms with Crippen LogP contribution in [0.2, 0.25) is 0 Å². The van der Waals surface area contributed by atoms with E-state index in [0.717, 1.165) is 58.3 Å². The van der Waals surface area contributed by atoms with Crippen LogP contribution in [-0.2, 0) is 27.4 Å². The lowest BCUT2D eigenvalue weighted by Gasteiger charge is -2.12. The minimum absolute atomic E-state index is 0.581. The predicted octanol–water partition coefficient (Wildman–Crippen LogP) is 2.33. The summed E-state index contributed by atoms with van der Waals surface area (Å²) in [6, 6.07) is 8.37. The second-order valence-electron chi connectivity index (χ2n) is 6.53. The number of ether oxygens (including phenoxy) is 3. The van der Waals surface area contributed by atoms with Gasteiger partial charge in [-0.15, -0.1) is 0 Å². The molecule has 2 N–H and O–H groups in total. The first-order valence-electron chi connectivity index (χ1n) is 9.56. The van der Waals surface area contributed by atoms with Crippen LogP contribution in [0.1, 0.15) is 30.9 Å². The van der Waals surface area contributed by atoms with Crippen LogP contribution in [-0.4, -0.2) is 52.6 Å². The van der Waals surface area contributed by atoms with E-state index in [0.29, 0.717) is 19.1 Å². The van der Waals surface area contributed by atoms with Gasteiger partial charge < -0.3 is 24.8 Å². The lowest BCUT2D eigenvalue weighted by molar-refractivity contribution is 0.0888. The van der Waals surface area contributed by atoms with E-state index in [2.05, 4.69) is 46.8 Å². The van der Waals surface area contributed by atoms with Gasteiger partial charge in [-0.1, -0.05) is 24.3 Å². The Morgan fingerprint density at radius 1 is 1.23 bits per heavy atom. The first kappa shape index (κ1) is 20.7. The fourth-order valence-electron chi connectivity index (χ4n) is 2.77. The van der Waals surface area contributed by atoms with Gasteiger partial charge in [0.25, 0.3) is 0 Å². The van der Waals surface area contributed by atoms with Crippen molar-refractivity contribution in [2.75, 3.05) is 46.6 Å². The lowest BCUT2D eigenvalue weighted by atomic mass is 10.1. The molecule has 0 spiro atoms. The molecule has 0 amide bonds. The number of nitrogens with zero attached hydrogens (tertiary/aromatic N) is 1. The van der Waals surface area contributed by atoms with Crippen molar-refractivity contribution >= 4 is 5.96 Å². The monoisotopic (exact) mass is 363 g/mol. The Labute approximate surface area is 157 Å². The van der Waals surface area contributed by atoms with E-state index >= 15 is 0 Å². The number of guanidine groups is 1. The number of nitrogens with one attached hydrogen (secondary N) is 2. The minimum Gasteiger partial charge on any atom is -0.381 e. The number of aliphatic imine (C=N–C) groups is 1. The maximum atomic E-state index is 5.73. The molecule has 1 unspecified atom stereocenters. The van der Waals surface area contributed by atoms with Gasteiger partial charge in [0.2, 0.25) is 0 Å². The van der Waals surface area contributed by atoms with Crippen LogP contribution in [0.15, 0.2) is 29.3 Å². The molecule has 6 heteroatoms. The molecule has 1 aliphatic heterocycles. The minimum atomic E-state index is 0.581. The molecular weight excluding hydrogens is 330 g/mol. The Bertz CT molecular complexity index is 514. The Kier molecular flexibility index (Phi) is 10.1. The number of hydrogen-bond acceptors (Lipinski definition) is 4. The summed E-state index contributed by atoms with van der Waals surface area (Å²) in [5.41, 5.74) is 2.36. The average Bonchev–Trinajstić information content (AvgIpc) is 3.17. The summed E-state index contributed by atoms with van der Waals surface area (Å²) in [6.45, 7) is 8.37. The zero-order valence-corrected chi connectivity index (χ0v) is 16.1. The molecule has 26 heavy (non-hydrogen) atoms. The van der Waals surface area contributed by atoms with E-state index in [1.54, 1.807) is 7.11 Å². The van der Waals surface area contributed by atoms with Gasteiger partial charge in [-0.25, -0.2) is 4.99 Å². The summed E-state index contributed by atoms with van der Waals surface area (Å²) in [5.74, 6) is 1.43. The van der Waals surface area contributed by atoms with Crippen molar-refractivity contribution < 1.29 is 14.2 Å². The molecule has 0 aliphatic carbocycles. The van der Waals surface area contributed by atoms with Gasteiger partial charge in [-0.2, -0.15) is 0 Å². The third-order valence-corrected chi connectivity index (χ3v) is 4.23. The predicted molar refractivity (Wildman–Crippen MR) is 104 cm³/mol. The van der Waals surface area contributed by atoms with Crippen molar-refractivity contribution in [1.82, 2.24) is 10.6 Å². The van der Waals surface area contributed by atoms with Crippen molar-refractivity contribution in [3.8, 4) is 0 Å². The van der Waals surface area contributed by atoms with E-state index in [9.17, 15) is 0 Å². The first-order valence-corrected chi connectivity index (χ1v) is 9.56. The molecule has 0 bridgehead atoms. The Balaban J connectivity index is 1.65. The highest BCUT2D eigenvalue weighted by Crippen LogP contribution is 2.12. The Morgan fingerprint density at radius 3 is 2.73 bits per heavy atom. The maximum Gasteiger partial charge on any atom is 0.191 e. The molecular formula is C20H33N3O3. The van der Waals surface area contributed by atoms with Crippen LogP contribution in [0.25, 0.3) is 0 Å². The lowest BCUT2D eigenvalue weighted by Crippen LogP contribution is -2.38. The van der Waals surface area contributed by atoms with Gasteiger partial charge in [0.15, 0.2) is 5.96 Å². The molecule has 1 saturated heterocycles. The average molecular weight is 364 g/mol. The molecule has 1 heterocycles. The van der Waals surface area contributed by atoms with Crippen LogP contribution in [0.4, 0.5) is 0 Å². The largest absolute Gasteiger partial charge is 0.381 e. The molecule has 0 saturated carbocycles.